The Morgan fingerprint density at radius 2 is 1.89 bits per heavy atom. The first-order valence-corrected chi connectivity index (χ1v) is 11.2. The van der Waals surface area contributed by atoms with Crippen LogP contribution >= 0.6 is 0 Å². The highest BCUT2D eigenvalue weighted by molar-refractivity contribution is 5.82. The summed E-state index contributed by atoms with van der Waals surface area (Å²) in [4.78, 5) is 11.9. The fourth-order valence-electron chi connectivity index (χ4n) is 4.09. The van der Waals surface area contributed by atoms with E-state index in [2.05, 4.69) is 10.4 Å². The molecule has 2 atom stereocenters. The van der Waals surface area contributed by atoms with Crippen LogP contribution in [0.1, 0.15) is 18.6 Å². The van der Waals surface area contributed by atoms with E-state index in [9.17, 15) is 14.3 Å². The van der Waals surface area contributed by atoms with Gasteiger partial charge in [0.2, 0.25) is 5.91 Å². The zero-order valence-corrected chi connectivity index (χ0v) is 19.0. The normalized spacial score (nSPS) is 14.4. The first kappa shape index (κ1) is 22.7. The van der Waals surface area contributed by atoms with E-state index in [1.807, 2.05) is 36.4 Å². The molecule has 0 bridgehead atoms. The molecule has 5 rings (SSSR count). The van der Waals surface area contributed by atoms with Crippen molar-refractivity contribution in [3.8, 4) is 22.9 Å². The Morgan fingerprint density at radius 3 is 2.66 bits per heavy atom. The number of fused-ring (bicyclic) bond motifs is 2. The van der Waals surface area contributed by atoms with Crippen molar-refractivity contribution < 1.29 is 28.5 Å². The van der Waals surface area contributed by atoms with Gasteiger partial charge in [0.1, 0.15) is 37.5 Å². The van der Waals surface area contributed by atoms with Gasteiger partial charge in [0, 0.05) is 5.39 Å². The Hall–Kier alpha value is -4.11. The molecule has 1 aliphatic rings. The predicted octanol–water partition coefficient (Wildman–Crippen LogP) is 3.55. The number of rotatable bonds is 7. The smallest absolute Gasteiger partial charge is 0.246 e. The van der Waals surface area contributed by atoms with E-state index in [1.165, 1.54) is 12.1 Å². The number of carbonyl (C=O) groups is 1. The number of aliphatic hydroxyl groups excluding tert-OH is 1. The zero-order chi connectivity index (χ0) is 24.4. The quantitative estimate of drug-likeness (QED) is 0.423. The molecule has 9 heteroatoms. The second-order valence-corrected chi connectivity index (χ2v) is 8.21. The molecule has 0 saturated carbocycles. The van der Waals surface area contributed by atoms with E-state index in [4.69, 9.17) is 14.2 Å². The topological polar surface area (TPSA) is 94.8 Å². The van der Waals surface area contributed by atoms with Crippen LogP contribution in [0.25, 0.3) is 16.6 Å². The Balaban J connectivity index is 1.46. The van der Waals surface area contributed by atoms with Crippen LogP contribution in [-0.2, 0) is 4.79 Å². The first-order valence-electron chi connectivity index (χ1n) is 11.2. The second kappa shape index (κ2) is 9.63. The number of ether oxygens (including phenoxy) is 3. The molecule has 0 fully saturated rings. The van der Waals surface area contributed by atoms with Crippen LogP contribution in [0, 0.1) is 5.82 Å². The molecule has 1 amide bonds. The number of aliphatic hydroxyl groups is 1. The van der Waals surface area contributed by atoms with Gasteiger partial charge in [-0.05, 0) is 67.1 Å². The molecule has 2 heterocycles. The van der Waals surface area contributed by atoms with Crippen LogP contribution in [0.5, 0.6) is 17.2 Å². The summed E-state index contributed by atoms with van der Waals surface area (Å²) in [5.74, 6) is 1.02. The van der Waals surface area contributed by atoms with Crippen LogP contribution in [0.15, 0.2) is 66.9 Å². The van der Waals surface area contributed by atoms with Crippen molar-refractivity contribution in [3.63, 3.8) is 0 Å². The molecule has 8 nitrogen and oxygen atoms in total. The van der Waals surface area contributed by atoms with Gasteiger partial charge < -0.3 is 24.6 Å². The van der Waals surface area contributed by atoms with E-state index in [0.717, 1.165) is 22.2 Å². The lowest BCUT2D eigenvalue weighted by Crippen LogP contribution is -2.40. The maximum atomic E-state index is 13.3. The van der Waals surface area contributed by atoms with Crippen molar-refractivity contribution in [2.45, 2.75) is 19.1 Å². The third-order valence-corrected chi connectivity index (χ3v) is 5.75. The van der Waals surface area contributed by atoms with E-state index in [0.29, 0.717) is 30.5 Å². The molecule has 4 aromatic rings. The van der Waals surface area contributed by atoms with Crippen molar-refractivity contribution in [2.75, 3.05) is 19.8 Å². The lowest BCUT2D eigenvalue weighted by atomic mass is 10.0. The Morgan fingerprint density at radius 1 is 1.11 bits per heavy atom. The number of nitrogens with one attached hydrogen (secondary N) is 1. The maximum Gasteiger partial charge on any atom is 0.246 e. The SMILES string of the molecule is C[C@H](NC(=O)CO)[C@H](Oc1ccc2c(cnn2-c2ccc(F)cc2)c1)c1ccc2c(c1)OCCO2. The molecule has 0 radical (unpaired) electrons. The number of nitrogens with zero attached hydrogens (tertiary/aromatic N) is 2. The van der Waals surface area contributed by atoms with Crippen molar-refractivity contribution in [1.29, 1.82) is 0 Å². The number of halogens is 1. The van der Waals surface area contributed by atoms with Crippen molar-refractivity contribution >= 4 is 16.8 Å². The van der Waals surface area contributed by atoms with Crippen molar-refractivity contribution in [3.05, 3.63) is 78.2 Å². The van der Waals surface area contributed by atoms with Crippen LogP contribution in [0.3, 0.4) is 0 Å². The number of aromatic nitrogens is 2. The van der Waals surface area contributed by atoms with E-state index in [-0.39, 0.29) is 5.82 Å². The van der Waals surface area contributed by atoms with Crippen LogP contribution in [0.2, 0.25) is 0 Å². The summed E-state index contributed by atoms with van der Waals surface area (Å²) in [5.41, 5.74) is 2.35. The third kappa shape index (κ3) is 4.76. The van der Waals surface area contributed by atoms with Gasteiger partial charge in [-0.2, -0.15) is 5.10 Å². The Kier molecular flexibility index (Phi) is 6.24. The fraction of sp³-hybridized carbons (Fsp3) is 0.231. The maximum absolute atomic E-state index is 13.3. The van der Waals surface area contributed by atoms with Crippen molar-refractivity contribution in [1.82, 2.24) is 15.1 Å². The van der Waals surface area contributed by atoms with Gasteiger partial charge in [-0.25, -0.2) is 9.07 Å². The first-order chi connectivity index (χ1) is 17.0. The molecule has 35 heavy (non-hydrogen) atoms. The summed E-state index contributed by atoms with van der Waals surface area (Å²) in [7, 11) is 0. The lowest BCUT2D eigenvalue weighted by Gasteiger charge is -2.28. The van der Waals surface area contributed by atoms with E-state index in [1.54, 1.807) is 29.9 Å². The molecule has 0 aliphatic carbocycles. The number of benzene rings is 3. The highest BCUT2D eigenvalue weighted by Crippen LogP contribution is 2.35. The molecule has 0 unspecified atom stereocenters. The number of hydrogen-bond acceptors (Lipinski definition) is 6. The van der Waals surface area contributed by atoms with Crippen molar-refractivity contribution in [2.24, 2.45) is 0 Å². The average molecular weight is 477 g/mol. The summed E-state index contributed by atoms with van der Waals surface area (Å²) >= 11 is 0. The van der Waals surface area contributed by atoms with Crippen LogP contribution in [0.4, 0.5) is 4.39 Å². The molecule has 2 N–H and O–H groups in total. The largest absolute Gasteiger partial charge is 0.486 e. The van der Waals surface area contributed by atoms with Gasteiger partial charge >= 0.3 is 0 Å². The highest BCUT2D eigenvalue weighted by atomic mass is 19.1. The van der Waals surface area contributed by atoms with E-state index < -0.39 is 24.7 Å². The summed E-state index contributed by atoms with van der Waals surface area (Å²) in [6.45, 7) is 2.13. The minimum absolute atomic E-state index is 0.312. The number of amides is 1. The van der Waals surface area contributed by atoms with E-state index >= 15 is 0 Å². The summed E-state index contributed by atoms with van der Waals surface area (Å²) in [6.07, 6.45) is 1.13. The minimum atomic E-state index is -0.618. The standard InChI is InChI=1S/C26H24FN3O5/c1-16(29-25(32)15-31)26(17-2-9-23-24(13-17)34-11-10-33-23)35-21-7-8-22-18(12-21)14-28-30(22)20-5-3-19(27)4-6-20/h2-9,12-14,16,26,31H,10-11,15H2,1H3,(H,29,32)/t16-,26-/m0/s1. The Bertz CT molecular complexity index is 1360. The second-order valence-electron chi connectivity index (χ2n) is 8.21. The van der Waals surface area contributed by atoms with Gasteiger partial charge in [0.05, 0.1) is 23.4 Å². The highest BCUT2D eigenvalue weighted by Gasteiger charge is 2.25. The molecule has 180 valence electrons. The molecule has 0 saturated heterocycles. The molecule has 1 aliphatic heterocycles. The summed E-state index contributed by atoms with van der Waals surface area (Å²) in [6, 6.07) is 16.7. The summed E-state index contributed by atoms with van der Waals surface area (Å²) in [5, 5.41) is 17.2. The predicted molar refractivity (Wildman–Crippen MR) is 127 cm³/mol. The van der Waals surface area contributed by atoms with Gasteiger partial charge in [-0.3, -0.25) is 4.79 Å². The Labute approximate surface area is 200 Å². The molecule has 0 spiro atoms. The van der Waals surface area contributed by atoms with Gasteiger partial charge in [-0.15, -0.1) is 0 Å². The zero-order valence-electron chi connectivity index (χ0n) is 19.0. The summed E-state index contributed by atoms with van der Waals surface area (Å²) < 4.78 is 32.7. The third-order valence-electron chi connectivity index (χ3n) is 5.75. The molecular formula is C26H24FN3O5. The average Bonchev–Trinajstić information content (AvgIpc) is 3.30. The molecular weight excluding hydrogens is 453 g/mol. The van der Waals surface area contributed by atoms with Crippen LogP contribution in [-0.4, -0.2) is 46.7 Å². The number of carbonyl (C=O) groups excluding carboxylic acids is 1. The fourth-order valence-corrected chi connectivity index (χ4v) is 4.09. The monoisotopic (exact) mass is 477 g/mol. The minimum Gasteiger partial charge on any atom is -0.486 e. The van der Waals surface area contributed by atoms with Gasteiger partial charge in [-0.1, -0.05) is 6.07 Å². The van der Waals surface area contributed by atoms with Crippen LogP contribution < -0.4 is 19.5 Å². The lowest BCUT2D eigenvalue weighted by molar-refractivity contribution is -0.125. The number of hydrogen-bond donors (Lipinski definition) is 2. The van der Waals surface area contributed by atoms with Gasteiger partial charge in [0.25, 0.3) is 0 Å². The van der Waals surface area contributed by atoms with Gasteiger partial charge in [0.15, 0.2) is 11.5 Å². The molecule has 3 aromatic carbocycles. The molecule has 1 aromatic heterocycles.